The zero-order chi connectivity index (χ0) is 12.8. The van der Waals surface area contributed by atoms with Gasteiger partial charge in [-0.3, -0.25) is 0 Å². The van der Waals surface area contributed by atoms with Crippen LogP contribution in [0.1, 0.15) is 5.56 Å². The Morgan fingerprint density at radius 3 is 2.26 bits per heavy atom. The predicted molar refractivity (Wildman–Crippen MR) is 80.7 cm³/mol. The molecule has 0 fully saturated rings. The Kier molecular flexibility index (Phi) is 5.85. The monoisotopic (exact) mass is 277 g/mol. The second-order valence-electron chi connectivity index (χ2n) is 3.85. The van der Waals surface area contributed by atoms with Crippen LogP contribution < -0.4 is 16.4 Å². The van der Waals surface area contributed by atoms with Crippen molar-refractivity contribution in [1.29, 1.82) is 0 Å². The lowest BCUT2D eigenvalue weighted by atomic mass is 10.2. The van der Waals surface area contributed by atoms with Gasteiger partial charge in [0.15, 0.2) is 0 Å². The lowest BCUT2D eigenvalue weighted by Crippen LogP contribution is -2.19. The summed E-state index contributed by atoms with van der Waals surface area (Å²) in [6.45, 7) is 0.454. The normalized spacial score (nSPS) is 9.32. The van der Waals surface area contributed by atoms with E-state index < -0.39 is 0 Å². The van der Waals surface area contributed by atoms with E-state index in [2.05, 4.69) is 10.6 Å². The van der Waals surface area contributed by atoms with Crippen LogP contribution in [0, 0.1) is 0 Å². The maximum absolute atomic E-state index is 11.7. The highest BCUT2D eigenvalue weighted by molar-refractivity contribution is 5.99. The predicted octanol–water partition coefficient (Wildman–Crippen LogP) is 3.21. The van der Waals surface area contributed by atoms with E-state index in [-0.39, 0.29) is 18.4 Å². The molecule has 100 valence electrons. The first-order valence-corrected chi connectivity index (χ1v) is 5.70. The highest BCUT2D eigenvalue weighted by Gasteiger charge is 2.02. The van der Waals surface area contributed by atoms with Crippen molar-refractivity contribution in [3.05, 3.63) is 60.2 Å². The molecule has 19 heavy (non-hydrogen) atoms. The maximum Gasteiger partial charge on any atom is 0.323 e. The molecular formula is C14H16ClN3O. The number of anilines is 2. The molecule has 2 aromatic carbocycles. The zero-order valence-electron chi connectivity index (χ0n) is 10.3. The number of hydrogen-bond donors (Lipinski definition) is 3. The first kappa shape index (κ1) is 15.0. The number of hydrogen-bond acceptors (Lipinski definition) is 2. The van der Waals surface area contributed by atoms with Gasteiger partial charge in [0, 0.05) is 17.9 Å². The summed E-state index contributed by atoms with van der Waals surface area (Å²) >= 11 is 0. The molecule has 4 N–H and O–H groups in total. The number of carbonyl (C=O) groups is 1. The fourth-order valence-electron chi connectivity index (χ4n) is 1.59. The minimum atomic E-state index is -0.268. The fraction of sp³-hybridized carbons (Fsp3) is 0.0714. The molecule has 0 bridgehead atoms. The van der Waals surface area contributed by atoms with Crippen molar-refractivity contribution in [2.75, 3.05) is 10.6 Å². The Labute approximate surface area is 118 Å². The number of amides is 2. The van der Waals surface area contributed by atoms with Crippen LogP contribution in [0.15, 0.2) is 54.6 Å². The van der Waals surface area contributed by atoms with Gasteiger partial charge >= 0.3 is 6.03 Å². The van der Waals surface area contributed by atoms with Crippen LogP contribution in [0.4, 0.5) is 16.2 Å². The molecule has 2 amide bonds. The topological polar surface area (TPSA) is 67.1 Å². The minimum absolute atomic E-state index is 0. The molecular weight excluding hydrogens is 262 g/mol. The Hall–Kier alpha value is -2.04. The quantitative estimate of drug-likeness (QED) is 0.806. The number of rotatable bonds is 3. The molecule has 0 heterocycles. The van der Waals surface area contributed by atoms with Crippen molar-refractivity contribution in [1.82, 2.24) is 0 Å². The molecule has 0 aliphatic heterocycles. The molecule has 0 spiro atoms. The molecule has 2 aromatic rings. The smallest absolute Gasteiger partial charge is 0.323 e. The molecule has 5 heteroatoms. The number of nitrogens with two attached hydrogens (primary N) is 1. The molecule has 0 atom stereocenters. The molecule has 4 nitrogen and oxygen atoms in total. The minimum Gasteiger partial charge on any atom is -0.326 e. The van der Waals surface area contributed by atoms with Gasteiger partial charge < -0.3 is 16.4 Å². The average Bonchev–Trinajstić information content (AvgIpc) is 2.40. The van der Waals surface area contributed by atoms with Crippen molar-refractivity contribution in [2.45, 2.75) is 6.54 Å². The van der Waals surface area contributed by atoms with Crippen LogP contribution >= 0.6 is 12.4 Å². The first-order chi connectivity index (χ1) is 8.78. The highest BCUT2D eigenvalue weighted by atomic mass is 35.5. The van der Waals surface area contributed by atoms with Crippen LogP contribution in [-0.4, -0.2) is 6.03 Å². The lowest BCUT2D eigenvalue weighted by Gasteiger charge is -2.08. The van der Waals surface area contributed by atoms with E-state index in [1.165, 1.54) is 0 Å². The second-order valence-corrected chi connectivity index (χ2v) is 3.85. The van der Waals surface area contributed by atoms with Crippen LogP contribution in [0.2, 0.25) is 0 Å². The summed E-state index contributed by atoms with van der Waals surface area (Å²) in [6.07, 6.45) is 0. The SMILES string of the molecule is Cl.NCc1cccc(NC(=O)Nc2ccccc2)c1. The number of carbonyl (C=O) groups excluding carboxylic acids is 1. The van der Waals surface area contributed by atoms with Gasteiger partial charge in [0.05, 0.1) is 0 Å². The number of halogens is 1. The summed E-state index contributed by atoms with van der Waals surface area (Å²) in [7, 11) is 0. The van der Waals surface area contributed by atoms with E-state index in [0.29, 0.717) is 6.54 Å². The van der Waals surface area contributed by atoms with Crippen molar-refractivity contribution < 1.29 is 4.79 Å². The van der Waals surface area contributed by atoms with Gasteiger partial charge in [-0.25, -0.2) is 4.79 Å². The summed E-state index contributed by atoms with van der Waals surface area (Å²) in [6, 6.07) is 16.5. The van der Waals surface area contributed by atoms with Crippen molar-refractivity contribution in [2.24, 2.45) is 5.73 Å². The third-order valence-electron chi connectivity index (χ3n) is 2.45. The third kappa shape index (κ3) is 4.62. The van der Waals surface area contributed by atoms with E-state index in [1.807, 2.05) is 54.6 Å². The summed E-state index contributed by atoms with van der Waals surface area (Å²) in [5.74, 6) is 0. The fourth-order valence-corrected chi connectivity index (χ4v) is 1.59. The Morgan fingerprint density at radius 1 is 0.947 bits per heavy atom. The van der Waals surface area contributed by atoms with E-state index in [1.54, 1.807) is 0 Å². The number of benzene rings is 2. The summed E-state index contributed by atoms with van der Waals surface area (Å²) in [5, 5.41) is 5.51. The van der Waals surface area contributed by atoms with Crippen LogP contribution in [-0.2, 0) is 6.54 Å². The molecule has 0 aromatic heterocycles. The number of para-hydroxylation sites is 1. The molecule has 0 aliphatic rings. The summed E-state index contributed by atoms with van der Waals surface area (Å²) in [4.78, 5) is 11.7. The second kappa shape index (κ2) is 7.41. The Morgan fingerprint density at radius 2 is 1.58 bits per heavy atom. The number of urea groups is 1. The molecule has 0 saturated carbocycles. The Balaban J connectivity index is 0.00000180. The van der Waals surface area contributed by atoms with Gasteiger partial charge in [0.2, 0.25) is 0 Å². The molecule has 0 unspecified atom stereocenters. The van der Waals surface area contributed by atoms with Gasteiger partial charge in [0.1, 0.15) is 0 Å². The van der Waals surface area contributed by atoms with Gasteiger partial charge in [-0.05, 0) is 29.8 Å². The van der Waals surface area contributed by atoms with E-state index in [9.17, 15) is 4.79 Å². The first-order valence-electron chi connectivity index (χ1n) is 5.70. The molecule has 2 rings (SSSR count). The largest absolute Gasteiger partial charge is 0.326 e. The summed E-state index contributed by atoms with van der Waals surface area (Å²) in [5.41, 5.74) is 8.01. The molecule has 0 aliphatic carbocycles. The maximum atomic E-state index is 11.7. The molecule has 0 radical (unpaired) electrons. The summed E-state index contributed by atoms with van der Waals surface area (Å²) < 4.78 is 0. The highest BCUT2D eigenvalue weighted by Crippen LogP contribution is 2.11. The van der Waals surface area contributed by atoms with Gasteiger partial charge in [-0.2, -0.15) is 0 Å². The van der Waals surface area contributed by atoms with Crippen LogP contribution in [0.3, 0.4) is 0 Å². The zero-order valence-corrected chi connectivity index (χ0v) is 11.1. The van der Waals surface area contributed by atoms with Crippen molar-refractivity contribution in [3.8, 4) is 0 Å². The average molecular weight is 278 g/mol. The Bertz CT molecular complexity index is 531. The molecule has 0 saturated heterocycles. The van der Waals surface area contributed by atoms with Gasteiger partial charge in [0.25, 0.3) is 0 Å². The standard InChI is InChI=1S/C14H15N3O.ClH/c15-10-11-5-4-8-13(9-11)17-14(18)16-12-6-2-1-3-7-12;/h1-9H,10,15H2,(H2,16,17,18);1H. The van der Waals surface area contributed by atoms with Crippen molar-refractivity contribution in [3.63, 3.8) is 0 Å². The van der Waals surface area contributed by atoms with Crippen molar-refractivity contribution >= 4 is 29.8 Å². The van der Waals surface area contributed by atoms with E-state index in [0.717, 1.165) is 16.9 Å². The lowest BCUT2D eigenvalue weighted by molar-refractivity contribution is 0.262. The van der Waals surface area contributed by atoms with E-state index in [4.69, 9.17) is 5.73 Å². The number of nitrogens with one attached hydrogen (secondary N) is 2. The van der Waals surface area contributed by atoms with Gasteiger partial charge in [-0.15, -0.1) is 12.4 Å². The van der Waals surface area contributed by atoms with Crippen LogP contribution in [0.5, 0.6) is 0 Å². The third-order valence-corrected chi connectivity index (χ3v) is 2.45. The van der Waals surface area contributed by atoms with Gasteiger partial charge in [-0.1, -0.05) is 30.3 Å². The van der Waals surface area contributed by atoms with Crippen LogP contribution in [0.25, 0.3) is 0 Å². The van der Waals surface area contributed by atoms with E-state index >= 15 is 0 Å².